The van der Waals surface area contributed by atoms with Crippen molar-refractivity contribution in [2.45, 2.75) is 51.7 Å². The van der Waals surface area contributed by atoms with Crippen LogP contribution < -0.4 is 41.2 Å². The molecule has 0 fully saturated rings. The number of pyridine rings is 1. The maximum atomic E-state index is 15.0. The highest BCUT2D eigenvalue weighted by Crippen LogP contribution is 2.53. The predicted octanol–water partition coefficient (Wildman–Crippen LogP) is 12.2. The number of nitrogens with zero attached hydrogens (tertiary/aromatic N) is 8. The number of hydrogen-bond acceptors (Lipinski definition) is 26. The topological polar surface area (TPSA) is 472 Å². The second-order valence-electron chi connectivity index (χ2n) is 27.8. The van der Waals surface area contributed by atoms with E-state index in [4.69, 9.17) is 14.5 Å². The van der Waals surface area contributed by atoms with Crippen LogP contribution in [0.4, 0.5) is 46.0 Å². The number of carbonyl (C=O) groups excluding carboxylic acids is 5. The lowest BCUT2D eigenvalue weighted by atomic mass is 9.66. The van der Waals surface area contributed by atoms with Gasteiger partial charge in [-0.15, -0.1) is 0 Å². The molecule has 3 aromatic heterocycles. The third-order valence-corrected chi connectivity index (χ3v) is 23.9. The number of nitrogens with one attached hydrogen (secondary N) is 4. The van der Waals surface area contributed by atoms with Gasteiger partial charge in [0.2, 0.25) is 17.8 Å². The van der Waals surface area contributed by atoms with Gasteiger partial charge in [0.25, 0.3) is 46.0 Å². The van der Waals surface area contributed by atoms with Gasteiger partial charge in [-0.2, -0.15) is 58.6 Å². The second-order valence-corrected chi connectivity index (χ2v) is 33.4. The fraction of sp³-hybridized carbons (Fsp3) is 0.108. The molecule has 32 nitrogen and oxygen atoms in total. The molecule has 3 aliphatic rings. The molecular weight excluding hydrogens is 1610 g/mol. The van der Waals surface area contributed by atoms with Gasteiger partial charge in [0.1, 0.15) is 34.0 Å². The summed E-state index contributed by atoms with van der Waals surface area (Å²) >= 11 is 0. The normalized spacial score (nSPS) is 14.2. The Balaban J connectivity index is 0.705. The Morgan fingerprint density at radius 1 is 0.496 bits per heavy atom. The number of aromatic nitrogens is 7. The van der Waals surface area contributed by atoms with Crippen molar-refractivity contribution in [3.8, 4) is 34.6 Å². The van der Waals surface area contributed by atoms with Crippen molar-refractivity contribution in [2.75, 3.05) is 39.8 Å². The summed E-state index contributed by atoms with van der Waals surface area (Å²) in [7, 11) is -16.7. The lowest BCUT2D eigenvalue weighted by molar-refractivity contribution is -0.121. The van der Waals surface area contributed by atoms with Crippen LogP contribution in [0.5, 0.6) is 23.5 Å². The molecular formula is C83H62N12O20S4. The van der Waals surface area contributed by atoms with E-state index in [1.807, 2.05) is 0 Å². The number of hydrogen-bond donors (Lipinski definition) is 8. The number of fused-ring (bicyclic) bond motifs is 4. The van der Waals surface area contributed by atoms with Gasteiger partial charge in [-0.3, -0.25) is 47.0 Å². The Hall–Kier alpha value is -14.0. The molecule has 1 aliphatic heterocycles. The number of aryl methyl sites for hydroxylation is 3. The highest BCUT2D eigenvalue weighted by Gasteiger charge is 2.50. The van der Waals surface area contributed by atoms with E-state index in [1.54, 1.807) is 122 Å². The molecule has 16 rings (SSSR count). The van der Waals surface area contributed by atoms with Gasteiger partial charge in [-0.05, 0) is 144 Å². The van der Waals surface area contributed by atoms with Crippen LogP contribution in [-0.4, -0.2) is 129 Å². The highest BCUT2D eigenvalue weighted by atomic mass is 32.2. The number of anilines is 8. The minimum absolute atomic E-state index is 0.00755. The maximum absolute atomic E-state index is 15.0. The Bertz CT molecular complexity index is 7090. The number of para-hydroxylation sites is 1. The smallest absolute Gasteiger partial charge is 0.328 e. The molecule has 10 aromatic carbocycles. The van der Waals surface area contributed by atoms with Gasteiger partial charge >= 0.3 is 12.0 Å². The molecule has 0 bridgehead atoms. The van der Waals surface area contributed by atoms with E-state index >= 15 is 0 Å². The number of ketones is 4. The summed E-state index contributed by atoms with van der Waals surface area (Å²) in [4.78, 5) is 114. The minimum Gasteiger partial charge on any atom is -0.424 e. The zero-order valence-electron chi connectivity index (χ0n) is 62.2. The summed E-state index contributed by atoms with van der Waals surface area (Å²) in [5.41, 5.74) is 1.54. The number of amides is 1. The average molecular weight is 1680 g/mol. The molecule has 1 amide bonds. The maximum Gasteiger partial charge on any atom is 0.328 e. The molecule has 8 N–H and O–H groups in total. The summed E-state index contributed by atoms with van der Waals surface area (Å²) in [5, 5.41) is 12.8. The predicted molar refractivity (Wildman–Crippen MR) is 433 cm³/mol. The number of ether oxygens (including phenoxy) is 2. The van der Waals surface area contributed by atoms with Gasteiger partial charge in [0.05, 0.1) is 54.0 Å². The first-order valence-corrected chi connectivity index (χ1v) is 41.9. The Morgan fingerprint density at radius 3 is 1.81 bits per heavy atom. The molecule has 0 saturated heterocycles. The molecule has 598 valence electrons. The van der Waals surface area contributed by atoms with E-state index in [0.29, 0.717) is 22.2 Å². The molecule has 2 atom stereocenters. The van der Waals surface area contributed by atoms with Crippen molar-refractivity contribution in [1.29, 1.82) is 0 Å². The first-order chi connectivity index (χ1) is 56.7. The summed E-state index contributed by atoms with van der Waals surface area (Å²) in [6.45, 7) is 1.59. The molecule has 0 spiro atoms. The van der Waals surface area contributed by atoms with Gasteiger partial charge in [-0.25, -0.2) is 4.98 Å². The lowest BCUT2D eigenvalue weighted by Gasteiger charge is -2.41. The molecule has 2 aliphatic carbocycles. The molecule has 0 saturated carbocycles. The summed E-state index contributed by atoms with van der Waals surface area (Å²) < 4.78 is 157. The molecule has 2 unspecified atom stereocenters. The monoisotopic (exact) mass is 1670 g/mol. The number of carbonyl (C=O) groups is 5. The lowest BCUT2D eigenvalue weighted by Crippen LogP contribution is -2.47. The Morgan fingerprint density at radius 2 is 1.10 bits per heavy atom. The molecule has 119 heavy (non-hydrogen) atoms. The van der Waals surface area contributed by atoms with E-state index in [2.05, 4.69) is 46.2 Å². The SMILES string of the molecule is Cc1cc(S(=O)(=O)O)c(Cc2nc(CCCNc3nc(Nc4ccc(S(=O)(=O)O)c(Nc5ccc6c7c5C(=O)c5ccccc5C7C(C(=O)c5cccc(S(=O)(=O)O)c5)C(=O)N6C)c4)nc(Oc4ccccc4)n3)nc(Oc3ccc(S(=O)(=O)O)cc3)n2)cc1Nc1ccc2c3c1C(=O)c1ccccc1-c3c(C(=O)c1ccccc1)c(=O)n2C. The molecule has 0 radical (unpaired) electrons. The van der Waals surface area contributed by atoms with Crippen LogP contribution in [0.3, 0.4) is 0 Å². The highest BCUT2D eigenvalue weighted by molar-refractivity contribution is 7.86. The first-order valence-electron chi connectivity index (χ1n) is 36.1. The van der Waals surface area contributed by atoms with Gasteiger partial charge < -0.3 is 40.2 Å². The average Bonchev–Trinajstić information content (AvgIpc) is 0.710. The quantitative estimate of drug-likeness (QED) is 0.0114. The van der Waals surface area contributed by atoms with Gasteiger partial charge in [0, 0.05) is 89.7 Å². The molecule has 4 heterocycles. The van der Waals surface area contributed by atoms with Crippen molar-refractivity contribution < 1.29 is 85.3 Å². The summed E-state index contributed by atoms with van der Waals surface area (Å²) in [6.07, 6.45) is -0.311. The van der Waals surface area contributed by atoms with Crippen LogP contribution in [0, 0.1) is 12.8 Å². The zero-order chi connectivity index (χ0) is 83.9. The van der Waals surface area contributed by atoms with E-state index in [-0.39, 0.29) is 162 Å². The number of Topliss-reactive ketones (excluding diaryl/α,β-unsaturated/α-hetero) is 1. The van der Waals surface area contributed by atoms with Crippen LogP contribution >= 0.6 is 0 Å². The largest absolute Gasteiger partial charge is 0.424 e. The Labute approximate surface area is 676 Å². The molecule has 36 heteroatoms. The van der Waals surface area contributed by atoms with E-state index < -0.39 is 113 Å². The van der Waals surface area contributed by atoms with Crippen molar-refractivity contribution in [1.82, 2.24) is 34.5 Å². The fourth-order valence-electron chi connectivity index (χ4n) is 14.9. The second kappa shape index (κ2) is 30.6. The van der Waals surface area contributed by atoms with E-state index in [9.17, 15) is 80.6 Å². The standard InChI is InChI=1S/C83H62N12O20S4/c1-43-38-63(119(111,112)113)46(40-58(43)86-56-32-34-60-70-66(52-22-10-12-24-54(52)76(98)68(56)70)72(78(100)94(60)2)74(96)44-16-6-4-7-17-44)41-65-88-64(89-82(90-65)115-49-28-30-50(31-29-49)116(102,103)104)26-15-37-84-80-91-81(93-83(92-80)114-48-19-8-5-9-20-48)85-47-27-36-62(118(108,109)110)59(42-47)87-57-33-35-61-71-67(53-23-11-13-25-55(53)77(99)69(57)71)73(79(101)95(61)3)75(97)45-18-14-21-51(39-45)117(105,106)107/h4-14,16-25,27-36,38-40,42,67,73,86-87H,15,26,37,41H2,1-3H3,(H,102,103,104)(H,105,106,107)(H,108,109,110)(H,111,112,113)(H2,84,85,91,92,93). The number of benzene rings is 10. The van der Waals surface area contributed by atoms with Crippen LogP contribution in [0.25, 0.3) is 22.0 Å². The van der Waals surface area contributed by atoms with E-state index in [0.717, 1.165) is 30.3 Å². The fourth-order valence-corrected chi connectivity index (χ4v) is 17.3. The summed E-state index contributed by atoms with van der Waals surface area (Å²) in [6, 6.07) is 50.3. The van der Waals surface area contributed by atoms with Crippen molar-refractivity contribution >= 4 is 126 Å². The first kappa shape index (κ1) is 78.9. The third kappa shape index (κ3) is 15.3. The summed E-state index contributed by atoms with van der Waals surface area (Å²) in [5.74, 6) is -6.04. The minimum atomic E-state index is -5.09. The number of rotatable bonds is 25. The van der Waals surface area contributed by atoms with Crippen molar-refractivity contribution in [3.63, 3.8) is 0 Å². The zero-order valence-corrected chi connectivity index (χ0v) is 65.5. The van der Waals surface area contributed by atoms with Crippen molar-refractivity contribution in [2.24, 2.45) is 13.0 Å². The van der Waals surface area contributed by atoms with Crippen molar-refractivity contribution in [3.05, 3.63) is 296 Å². The van der Waals surface area contributed by atoms with Gasteiger partial charge in [-0.1, -0.05) is 109 Å². The van der Waals surface area contributed by atoms with Crippen LogP contribution in [-0.2, 0) is 65.2 Å². The molecule has 13 aromatic rings. The van der Waals surface area contributed by atoms with Crippen LogP contribution in [0.2, 0.25) is 0 Å². The Kier molecular flexibility index (Phi) is 20.3. The van der Waals surface area contributed by atoms with E-state index in [1.165, 1.54) is 90.3 Å². The van der Waals surface area contributed by atoms with Gasteiger partial charge in [0.15, 0.2) is 23.1 Å². The van der Waals surface area contributed by atoms with Crippen LogP contribution in [0.15, 0.2) is 237 Å². The third-order valence-electron chi connectivity index (χ3n) is 20.3. The van der Waals surface area contributed by atoms with Crippen LogP contribution in [0.1, 0.15) is 104 Å².